The summed E-state index contributed by atoms with van der Waals surface area (Å²) in [6, 6.07) is 19.1. The molecular formula is C16H13NO. The minimum atomic E-state index is -1.25. The second-order valence-corrected chi connectivity index (χ2v) is 4.11. The van der Waals surface area contributed by atoms with Crippen LogP contribution in [-0.2, 0) is 6.58 Å². The molecule has 0 aliphatic carbocycles. The third kappa shape index (κ3) is 1.87. The summed E-state index contributed by atoms with van der Waals surface area (Å²) >= 11 is 0. The van der Waals surface area contributed by atoms with E-state index in [9.17, 15) is 5.11 Å². The van der Waals surface area contributed by atoms with E-state index in [1.54, 1.807) is 6.07 Å². The van der Waals surface area contributed by atoms with E-state index in [1.165, 1.54) is 0 Å². The van der Waals surface area contributed by atoms with Crippen molar-refractivity contribution in [3.8, 4) is 11.3 Å². The van der Waals surface area contributed by atoms with Crippen LogP contribution in [0.25, 0.3) is 22.2 Å². The molecular weight excluding hydrogens is 222 g/mol. The van der Waals surface area contributed by atoms with E-state index < -0.39 is 6.58 Å². The van der Waals surface area contributed by atoms with Gasteiger partial charge in [-0.15, -0.1) is 0 Å². The number of aliphatic hydroxyl groups is 1. The van der Waals surface area contributed by atoms with Crippen molar-refractivity contribution in [3.63, 3.8) is 0 Å². The van der Waals surface area contributed by atoms with Crippen LogP contribution < -0.4 is 0 Å². The van der Waals surface area contributed by atoms with Crippen LogP contribution in [0.15, 0.2) is 60.7 Å². The zero-order valence-electron chi connectivity index (χ0n) is 10.7. The fourth-order valence-corrected chi connectivity index (χ4v) is 2.07. The molecule has 3 rings (SSSR count). The second kappa shape index (κ2) is 4.59. The molecule has 0 spiro atoms. The highest BCUT2D eigenvalue weighted by Gasteiger charge is 2.05. The number of benzene rings is 2. The molecule has 0 saturated carbocycles. The molecule has 1 aromatic heterocycles. The lowest BCUT2D eigenvalue weighted by molar-refractivity contribution is 0.283. The number of hydrogen-bond donors (Lipinski definition) is 1. The fraction of sp³-hybridized carbons (Fsp3) is 0.0625. The fourth-order valence-electron chi connectivity index (χ4n) is 2.07. The first-order valence-electron chi connectivity index (χ1n) is 6.39. The number of aliphatic hydroxyl groups excluding tert-OH is 1. The van der Waals surface area contributed by atoms with Gasteiger partial charge in [0.2, 0.25) is 0 Å². The first-order chi connectivity index (χ1) is 9.25. The highest BCUT2D eigenvalue weighted by atomic mass is 16.3. The van der Waals surface area contributed by atoms with Crippen LogP contribution in [0.1, 0.15) is 6.93 Å². The third-order valence-corrected chi connectivity index (χ3v) is 2.96. The summed E-state index contributed by atoms with van der Waals surface area (Å²) in [7, 11) is 0. The minimum Gasteiger partial charge on any atom is -0.392 e. The minimum absolute atomic E-state index is 0.587. The number of hydrogen-bond acceptors (Lipinski definition) is 2. The van der Waals surface area contributed by atoms with Crippen molar-refractivity contribution >= 4 is 10.9 Å². The van der Waals surface area contributed by atoms with Gasteiger partial charge in [0.1, 0.15) is 0 Å². The van der Waals surface area contributed by atoms with E-state index in [-0.39, 0.29) is 0 Å². The summed E-state index contributed by atoms with van der Waals surface area (Å²) in [5.74, 6) is 0. The molecule has 0 aliphatic heterocycles. The standard InChI is InChI=1S/C16H13NO/c18-11-13-10-16(12-6-2-1-3-7-12)17-15-9-5-4-8-14(13)15/h1-10,18H,11H2/i11D. The van der Waals surface area contributed by atoms with Crippen LogP contribution in [0, 0.1) is 0 Å². The molecule has 0 saturated heterocycles. The summed E-state index contributed by atoms with van der Waals surface area (Å²) in [4.78, 5) is 4.59. The van der Waals surface area contributed by atoms with Gasteiger partial charge >= 0.3 is 0 Å². The highest BCUT2D eigenvalue weighted by molar-refractivity contribution is 5.85. The third-order valence-electron chi connectivity index (χ3n) is 2.96. The van der Waals surface area contributed by atoms with Crippen LogP contribution in [0.5, 0.6) is 0 Å². The maximum atomic E-state index is 9.63. The lowest BCUT2D eigenvalue weighted by Gasteiger charge is -2.07. The van der Waals surface area contributed by atoms with Crippen LogP contribution in [0.2, 0.25) is 0 Å². The highest BCUT2D eigenvalue weighted by Crippen LogP contribution is 2.24. The van der Waals surface area contributed by atoms with Crippen molar-refractivity contribution in [2.24, 2.45) is 0 Å². The van der Waals surface area contributed by atoms with Gasteiger partial charge in [0.05, 0.1) is 19.2 Å². The summed E-state index contributed by atoms with van der Waals surface area (Å²) in [5, 5.41) is 10.5. The Hall–Kier alpha value is -2.19. The van der Waals surface area contributed by atoms with E-state index in [0.29, 0.717) is 5.56 Å². The summed E-state index contributed by atoms with van der Waals surface area (Å²) in [6.07, 6.45) is 0. The number of para-hydroxylation sites is 1. The molecule has 0 radical (unpaired) electrons. The lowest BCUT2D eigenvalue weighted by Crippen LogP contribution is -1.92. The van der Waals surface area contributed by atoms with E-state index in [2.05, 4.69) is 4.98 Å². The molecule has 0 fully saturated rings. The second-order valence-electron chi connectivity index (χ2n) is 4.11. The number of rotatable bonds is 2. The van der Waals surface area contributed by atoms with Gasteiger partial charge in [-0.2, -0.15) is 0 Å². The largest absolute Gasteiger partial charge is 0.392 e. The molecule has 18 heavy (non-hydrogen) atoms. The average Bonchev–Trinajstić information content (AvgIpc) is 2.47. The molecule has 1 N–H and O–H groups in total. The molecule has 1 heterocycles. The van der Waals surface area contributed by atoms with Crippen LogP contribution >= 0.6 is 0 Å². The van der Waals surface area contributed by atoms with Gasteiger partial charge < -0.3 is 5.11 Å². The Morgan fingerprint density at radius 2 is 1.72 bits per heavy atom. The van der Waals surface area contributed by atoms with Crippen molar-refractivity contribution < 1.29 is 6.48 Å². The van der Waals surface area contributed by atoms with E-state index in [0.717, 1.165) is 22.2 Å². The molecule has 2 aromatic carbocycles. The average molecular weight is 236 g/mol. The zero-order valence-corrected chi connectivity index (χ0v) is 9.75. The van der Waals surface area contributed by atoms with Gasteiger partial charge in [0, 0.05) is 10.9 Å². The van der Waals surface area contributed by atoms with Gasteiger partial charge in [0.25, 0.3) is 0 Å². The van der Waals surface area contributed by atoms with Crippen molar-refractivity contribution in [2.45, 2.75) is 6.58 Å². The molecule has 0 bridgehead atoms. The molecule has 2 nitrogen and oxygen atoms in total. The smallest absolute Gasteiger partial charge is 0.0713 e. The molecule has 88 valence electrons. The topological polar surface area (TPSA) is 33.1 Å². The molecule has 1 unspecified atom stereocenters. The Balaban J connectivity index is 2.28. The van der Waals surface area contributed by atoms with Crippen molar-refractivity contribution in [2.75, 3.05) is 0 Å². The van der Waals surface area contributed by atoms with Crippen LogP contribution in [0.3, 0.4) is 0 Å². The number of aromatic nitrogens is 1. The Morgan fingerprint density at radius 1 is 1.00 bits per heavy atom. The summed E-state index contributed by atoms with van der Waals surface area (Å²) < 4.78 is 7.59. The Morgan fingerprint density at radius 3 is 2.50 bits per heavy atom. The normalized spacial score (nSPS) is 13.3. The lowest BCUT2D eigenvalue weighted by atomic mass is 10.0. The van der Waals surface area contributed by atoms with Gasteiger partial charge in [-0.25, -0.2) is 4.98 Å². The quantitative estimate of drug-likeness (QED) is 0.739. The molecule has 3 aromatic rings. The maximum absolute atomic E-state index is 9.63. The Kier molecular flexibility index (Phi) is 2.50. The summed E-state index contributed by atoms with van der Waals surface area (Å²) in [6.45, 7) is -1.25. The first kappa shape index (κ1) is 9.80. The van der Waals surface area contributed by atoms with Crippen molar-refractivity contribution in [1.82, 2.24) is 4.98 Å². The number of fused-ring (bicyclic) bond motifs is 1. The van der Waals surface area contributed by atoms with E-state index >= 15 is 0 Å². The molecule has 0 amide bonds. The van der Waals surface area contributed by atoms with Crippen molar-refractivity contribution in [1.29, 1.82) is 0 Å². The van der Waals surface area contributed by atoms with Crippen LogP contribution in [-0.4, -0.2) is 10.1 Å². The molecule has 2 heteroatoms. The Labute approximate surface area is 107 Å². The van der Waals surface area contributed by atoms with Crippen molar-refractivity contribution in [3.05, 3.63) is 66.2 Å². The predicted molar refractivity (Wildman–Crippen MR) is 73.1 cm³/mol. The van der Waals surface area contributed by atoms with Gasteiger partial charge in [-0.05, 0) is 17.7 Å². The van der Waals surface area contributed by atoms with E-state index in [4.69, 9.17) is 1.37 Å². The van der Waals surface area contributed by atoms with Gasteiger partial charge in [-0.3, -0.25) is 0 Å². The SMILES string of the molecule is [2H]C(O)c1cc(-c2ccccc2)nc2ccccc12. The van der Waals surface area contributed by atoms with Gasteiger partial charge in [-0.1, -0.05) is 48.5 Å². The molecule has 1 atom stereocenters. The zero-order chi connectivity index (χ0) is 13.2. The van der Waals surface area contributed by atoms with E-state index in [1.807, 2.05) is 54.6 Å². The Bertz CT molecular complexity index is 710. The monoisotopic (exact) mass is 236 g/mol. The first-order valence-corrected chi connectivity index (χ1v) is 5.81. The summed E-state index contributed by atoms with van der Waals surface area (Å²) in [5.41, 5.74) is 3.14. The molecule has 0 aliphatic rings. The number of pyridine rings is 1. The van der Waals surface area contributed by atoms with Gasteiger partial charge in [0.15, 0.2) is 0 Å². The number of nitrogens with zero attached hydrogens (tertiary/aromatic N) is 1. The maximum Gasteiger partial charge on any atom is 0.0713 e. The van der Waals surface area contributed by atoms with Crippen LogP contribution in [0.4, 0.5) is 0 Å². The predicted octanol–water partition coefficient (Wildman–Crippen LogP) is 3.39.